The van der Waals surface area contributed by atoms with Crippen molar-refractivity contribution < 1.29 is 4.79 Å². The first-order valence-electron chi connectivity index (χ1n) is 9.07. The van der Waals surface area contributed by atoms with Crippen molar-refractivity contribution in [2.75, 3.05) is 6.54 Å². The summed E-state index contributed by atoms with van der Waals surface area (Å²) >= 11 is 0. The Morgan fingerprint density at radius 3 is 2.81 bits per heavy atom. The van der Waals surface area contributed by atoms with Crippen LogP contribution < -0.4 is 5.32 Å². The molecule has 1 aromatic carbocycles. The molecule has 2 N–H and O–H groups in total. The number of aryl methyl sites for hydroxylation is 1. The topological polar surface area (TPSA) is 86.8 Å². The molecule has 3 aromatic rings. The Morgan fingerprint density at radius 1 is 1.26 bits per heavy atom. The lowest BCUT2D eigenvalue weighted by Gasteiger charge is -2.21. The van der Waals surface area contributed by atoms with Crippen LogP contribution in [-0.2, 0) is 6.54 Å². The zero-order valence-corrected chi connectivity index (χ0v) is 15.2. The van der Waals surface area contributed by atoms with E-state index in [-0.39, 0.29) is 18.0 Å². The van der Waals surface area contributed by atoms with Gasteiger partial charge in [-0.05, 0) is 37.1 Å². The first-order valence-corrected chi connectivity index (χ1v) is 9.07. The second-order valence-electron chi connectivity index (χ2n) is 6.86. The minimum Gasteiger partial charge on any atom is -0.348 e. The number of rotatable bonds is 5. The third kappa shape index (κ3) is 4.03. The van der Waals surface area contributed by atoms with Crippen LogP contribution in [-0.4, -0.2) is 43.6 Å². The van der Waals surface area contributed by atoms with Gasteiger partial charge in [-0.3, -0.25) is 19.8 Å². The normalized spacial score (nSPS) is 19.9. The van der Waals surface area contributed by atoms with Crippen molar-refractivity contribution >= 4 is 5.91 Å². The van der Waals surface area contributed by atoms with Crippen LogP contribution in [0.4, 0.5) is 0 Å². The Balaban J connectivity index is 1.51. The van der Waals surface area contributed by atoms with Gasteiger partial charge in [0, 0.05) is 37.1 Å². The molecule has 0 saturated carbocycles. The third-order valence-electron chi connectivity index (χ3n) is 4.80. The quantitative estimate of drug-likeness (QED) is 0.727. The second kappa shape index (κ2) is 7.67. The van der Waals surface area contributed by atoms with Crippen LogP contribution in [0.5, 0.6) is 0 Å². The molecule has 0 aliphatic carbocycles. The molecule has 7 heteroatoms. The number of H-pyrrole nitrogens is 1. The molecule has 138 valence electrons. The van der Waals surface area contributed by atoms with E-state index in [1.165, 1.54) is 0 Å². The molecule has 3 heterocycles. The molecular weight excluding hydrogens is 340 g/mol. The summed E-state index contributed by atoms with van der Waals surface area (Å²) in [5.41, 5.74) is 1.80. The molecule has 1 amide bonds. The smallest absolute Gasteiger partial charge is 0.251 e. The van der Waals surface area contributed by atoms with E-state index >= 15 is 0 Å². The summed E-state index contributed by atoms with van der Waals surface area (Å²) in [4.78, 5) is 23.6. The van der Waals surface area contributed by atoms with Crippen LogP contribution >= 0.6 is 0 Å². The lowest BCUT2D eigenvalue weighted by Crippen LogP contribution is -2.37. The Labute approximate surface area is 157 Å². The van der Waals surface area contributed by atoms with Crippen molar-refractivity contribution in [2.45, 2.75) is 32.0 Å². The van der Waals surface area contributed by atoms with Crippen LogP contribution in [0.25, 0.3) is 0 Å². The molecule has 1 saturated heterocycles. The van der Waals surface area contributed by atoms with Crippen molar-refractivity contribution in [3.05, 3.63) is 77.6 Å². The number of carbonyl (C=O) groups excluding carboxylic acids is 1. The van der Waals surface area contributed by atoms with E-state index in [2.05, 4.69) is 36.4 Å². The van der Waals surface area contributed by atoms with Gasteiger partial charge in [0.1, 0.15) is 5.82 Å². The maximum Gasteiger partial charge on any atom is 0.251 e. The highest BCUT2D eigenvalue weighted by molar-refractivity contribution is 5.94. The zero-order valence-electron chi connectivity index (χ0n) is 15.2. The molecule has 1 aliphatic rings. The molecule has 1 aliphatic heterocycles. The van der Waals surface area contributed by atoms with E-state index in [0.29, 0.717) is 5.56 Å². The van der Waals surface area contributed by atoms with E-state index in [1.807, 2.05) is 49.5 Å². The third-order valence-corrected chi connectivity index (χ3v) is 4.80. The van der Waals surface area contributed by atoms with Gasteiger partial charge >= 0.3 is 0 Å². The molecule has 0 radical (unpaired) electrons. The lowest BCUT2D eigenvalue weighted by atomic mass is 10.1. The van der Waals surface area contributed by atoms with Gasteiger partial charge in [-0.15, -0.1) is 0 Å². The number of amides is 1. The summed E-state index contributed by atoms with van der Waals surface area (Å²) in [6.07, 6.45) is 4.42. The number of benzene rings is 1. The second-order valence-corrected chi connectivity index (χ2v) is 6.86. The Morgan fingerprint density at radius 2 is 2.11 bits per heavy atom. The fourth-order valence-corrected chi connectivity index (χ4v) is 3.54. The fraction of sp³-hybridized carbons (Fsp3) is 0.300. The number of carbonyl (C=O) groups is 1. The standard InChI is InChI=1S/C20H22N6O/c1-14-22-19(25-24-14)18-10-17(23-20(27)16-7-3-2-4-8-16)13-26(18)12-15-6-5-9-21-11-15/h2-9,11,17-18H,10,12-13H2,1H3,(H,23,27)(H,22,24,25)/t17-,18-/m0/s1. The van der Waals surface area contributed by atoms with Crippen molar-refractivity contribution in [1.82, 2.24) is 30.4 Å². The number of pyridine rings is 1. The van der Waals surface area contributed by atoms with Gasteiger partial charge in [-0.1, -0.05) is 24.3 Å². The van der Waals surface area contributed by atoms with E-state index in [0.717, 1.165) is 36.7 Å². The predicted molar refractivity (Wildman–Crippen MR) is 101 cm³/mol. The molecule has 1 fully saturated rings. The van der Waals surface area contributed by atoms with Gasteiger partial charge in [0.2, 0.25) is 0 Å². The van der Waals surface area contributed by atoms with E-state index in [4.69, 9.17) is 0 Å². The highest BCUT2D eigenvalue weighted by Gasteiger charge is 2.36. The summed E-state index contributed by atoms with van der Waals surface area (Å²) in [5, 5.41) is 10.4. The minimum atomic E-state index is -0.0475. The van der Waals surface area contributed by atoms with Gasteiger partial charge in [-0.2, -0.15) is 5.10 Å². The zero-order chi connectivity index (χ0) is 18.6. The van der Waals surface area contributed by atoms with Crippen LogP contribution in [0.1, 0.15) is 40.0 Å². The number of nitrogens with one attached hydrogen (secondary N) is 2. The summed E-state index contributed by atoms with van der Waals surface area (Å²) in [7, 11) is 0. The summed E-state index contributed by atoms with van der Waals surface area (Å²) < 4.78 is 0. The van der Waals surface area contributed by atoms with Crippen LogP contribution in [0.3, 0.4) is 0 Å². The molecule has 0 spiro atoms. The first kappa shape index (κ1) is 17.4. The largest absolute Gasteiger partial charge is 0.348 e. The molecule has 27 heavy (non-hydrogen) atoms. The summed E-state index contributed by atoms with van der Waals surface area (Å²) in [6.45, 7) is 3.38. The summed E-state index contributed by atoms with van der Waals surface area (Å²) in [6, 6.07) is 13.4. The number of likely N-dealkylation sites (tertiary alicyclic amines) is 1. The van der Waals surface area contributed by atoms with Crippen molar-refractivity contribution in [3.8, 4) is 0 Å². The fourth-order valence-electron chi connectivity index (χ4n) is 3.54. The van der Waals surface area contributed by atoms with Crippen molar-refractivity contribution in [2.24, 2.45) is 0 Å². The Bertz CT molecular complexity index is 895. The number of hydrogen-bond acceptors (Lipinski definition) is 5. The Kier molecular flexibility index (Phi) is 4.93. The molecule has 7 nitrogen and oxygen atoms in total. The molecule has 0 bridgehead atoms. The molecule has 4 rings (SSSR count). The predicted octanol–water partition coefficient (Wildman–Crippen LogP) is 2.25. The van der Waals surface area contributed by atoms with Gasteiger partial charge in [0.15, 0.2) is 5.82 Å². The van der Waals surface area contributed by atoms with Crippen molar-refractivity contribution in [3.63, 3.8) is 0 Å². The monoisotopic (exact) mass is 362 g/mol. The Hall–Kier alpha value is -3.06. The molecular formula is C20H22N6O. The minimum absolute atomic E-state index is 0.0400. The van der Waals surface area contributed by atoms with Crippen LogP contribution in [0.2, 0.25) is 0 Å². The molecule has 0 unspecified atom stereocenters. The number of hydrogen-bond donors (Lipinski definition) is 2. The van der Waals surface area contributed by atoms with Gasteiger partial charge in [-0.25, -0.2) is 4.98 Å². The number of nitrogens with zero attached hydrogens (tertiary/aromatic N) is 4. The number of aromatic nitrogens is 4. The molecule has 2 atom stereocenters. The first-order chi connectivity index (χ1) is 13.2. The highest BCUT2D eigenvalue weighted by atomic mass is 16.1. The maximum atomic E-state index is 12.5. The average Bonchev–Trinajstić information content (AvgIpc) is 3.29. The summed E-state index contributed by atoms with van der Waals surface area (Å²) in [5.74, 6) is 1.52. The van der Waals surface area contributed by atoms with E-state index in [1.54, 1.807) is 6.20 Å². The van der Waals surface area contributed by atoms with E-state index in [9.17, 15) is 4.79 Å². The van der Waals surface area contributed by atoms with Crippen LogP contribution in [0.15, 0.2) is 54.9 Å². The van der Waals surface area contributed by atoms with E-state index < -0.39 is 0 Å². The highest BCUT2D eigenvalue weighted by Crippen LogP contribution is 2.31. The van der Waals surface area contributed by atoms with Crippen LogP contribution in [0, 0.1) is 6.92 Å². The lowest BCUT2D eigenvalue weighted by molar-refractivity contribution is 0.0937. The van der Waals surface area contributed by atoms with Crippen molar-refractivity contribution in [1.29, 1.82) is 0 Å². The number of aromatic amines is 1. The van der Waals surface area contributed by atoms with Gasteiger partial charge in [0.05, 0.1) is 6.04 Å². The SMILES string of the molecule is Cc1nc([C@@H]2C[C@H](NC(=O)c3ccccc3)CN2Cc2cccnc2)n[nH]1. The van der Waals surface area contributed by atoms with Gasteiger partial charge in [0.25, 0.3) is 5.91 Å². The van der Waals surface area contributed by atoms with Gasteiger partial charge < -0.3 is 5.32 Å². The average molecular weight is 362 g/mol. The molecule has 2 aromatic heterocycles. The maximum absolute atomic E-state index is 12.5.